The summed E-state index contributed by atoms with van der Waals surface area (Å²) in [5.74, 6) is 1.73. The summed E-state index contributed by atoms with van der Waals surface area (Å²) >= 11 is 0. The van der Waals surface area contributed by atoms with Gasteiger partial charge in [-0.3, -0.25) is 0 Å². The lowest BCUT2D eigenvalue weighted by molar-refractivity contribution is 0.668. The maximum absolute atomic E-state index is 6.55. The number of fused-ring (bicyclic) bond motifs is 7. The second-order valence-corrected chi connectivity index (χ2v) is 13.6. The molecule has 0 radical (unpaired) electrons. The van der Waals surface area contributed by atoms with E-state index in [1.54, 1.807) is 0 Å². The van der Waals surface area contributed by atoms with Gasteiger partial charge in [-0.1, -0.05) is 140 Å². The van der Waals surface area contributed by atoms with Gasteiger partial charge >= 0.3 is 0 Å². The number of hydrogen-bond acceptors (Lipinski definition) is 5. The van der Waals surface area contributed by atoms with E-state index < -0.39 is 0 Å². The van der Waals surface area contributed by atoms with Gasteiger partial charge in [-0.15, -0.1) is 0 Å². The average molecular weight is 692 g/mol. The molecule has 5 heteroatoms. The van der Waals surface area contributed by atoms with Crippen LogP contribution >= 0.6 is 0 Å². The third kappa shape index (κ3) is 4.98. The smallest absolute Gasteiger partial charge is 0.164 e. The molecule has 0 amide bonds. The summed E-state index contributed by atoms with van der Waals surface area (Å²) in [5.41, 5.74) is 10.3. The van der Waals surface area contributed by atoms with Gasteiger partial charge in [-0.25, -0.2) is 15.0 Å². The molecule has 0 atom stereocenters. The van der Waals surface area contributed by atoms with Crippen molar-refractivity contribution < 1.29 is 8.83 Å². The number of hydrogen-bond donors (Lipinski definition) is 0. The van der Waals surface area contributed by atoms with E-state index in [-0.39, 0.29) is 0 Å². The molecule has 8 aromatic carbocycles. The van der Waals surface area contributed by atoms with Crippen molar-refractivity contribution in [3.63, 3.8) is 0 Å². The largest absolute Gasteiger partial charge is 0.456 e. The monoisotopic (exact) mass is 691 g/mol. The summed E-state index contributed by atoms with van der Waals surface area (Å²) in [6, 6.07) is 60.5. The molecule has 11 rings (SSSR count). The van der Waals surface area contributed by atoms with E-state index in [2.05, 4.69) is 97.1 Å². The molecule has 0 unspecified atom stereocenters. The van der Waals surface area contributed by atoms with Crippen LogP contribution in [0.3, 0.4) is 0 Å². The van der Waals surface area contributed by atoms with Crippen molar-refractivity contribution in [2.75, 3.05) is 0 Å². The third-order valence-corrected chi connectivity index (χ3v) is 10.3. The first-order valence-corrected chi connectivity index (χ1v) is 18.0. The minimum atomic E-state index is 0.565. The Morgan fingerprint density at radius 2 is 0.852 bits per heavy atom. The molecule has 0 aliphatic carbocycles. The molecular formula is C49H29N3O2. The minimum absolute atomic E-state index is 0.565. The Kier molecular flexibility index (Phi) is 6.79. The van der Waals surface area contributed by atoms with Gasteiger partial charge in [0.1, 0.15) is 22.3 Å². The zero-order chi connectivity index (χ0) is 35.6. The fraction of sp³-hybridized carbons (Fsp3) is 0. The normalized spacial score (nSPS) is 11.7. The molecule has 11 aromatic rings. The number of nitrogens with zero attached hydrogens (tertiary/aromatic N) is 3. The second-order valence-electron chi connectivity index (χ2n) is 13.6. The molecule has 0 aliphatic rings. The van der Waals surface area contributed by atoms with Crippen molar-refractivity contribution in [2.45, 2.75) is 0 Å². The van der Waals surface area contributed by atoms with Gasteiger partial charge in [0.05, 0.1) is 0 Å². The quantitative estimate of drug-likeness (QED) is 0.180. The second kappa shape index (κ2) is 12.1. The number of benzene rings is 8. The van der Waals surface area contributed by atoms with Gasteiger partial charge in [0.15, 0.2) is 17.5 Å². The first kappa shape index (κ1) is 30.3. The van der Waals surface area contributed by atoms with Gasteiger partial charge in [-0.2, -0.15) is 0 Å². The lowest BCUT2D eigenvalue weighted by atomic mass is 9.95. The summed E-state index contributed by atoms with van der Waals surface area (Å²) in [4.78, 5) is 15.6. The molecule has 0 spiro atoms. The van der Waals surface area contributed by atoms with Crippen LogP contribution in [0.5, 0.6) is 0 Å². The number of para-hydroxylation sites is 2. The summed E-state index contributed by atoms with van der Waals surface area (Å²) in [7, 11) is 0. The first-order valence-electron chi connectivity index (χ1n) is 18.0. The predicted molar refractivity (Wildman–Crippen MR) is 219 cm³/mol. The van der Waals surface area contributed by atoms with Crippen LogP contribution in [0.2, 0.25) is 0 Å². The van der Waals surface area contributed by atoms with Crippen molar-refractivity contribution in [1.82, 2.24) is 15.0 Å². The topological polar surface area (TPSA) is 65.0 Å². The third-order valence-electron chi connectivity index (χ3n) is 10.3. The predicted octanol–water partition coefficient (Wildman–Crippen LogP) is 13.2. The van der Waals surface area contributed by atoms with E-state index >= 15 is 0 Å². The molecule has 0 saturated carbocycles. The Hall–Kier alpha value is -7.37. The van der Waals surface area contributed by atoms with Crippen molar-refractivity contribution in [1.29, 1.82) is 0 Å². The summed E-state index contributed by atoms with van der Waals surface area (Å²) in [6.07, 6.45) is 0. The van der Waals surface area contributed by atoms with E-state index in [4.69, 9.17) is 23.8 Å². The fourth-order valence-corrected chi connectivity index (χ4v) is 7.72. The van der Waals surface area contributed by atoms with E-state index in [0.29, 0.717) is 17.5 Å². The Labute approximate surface area is 309 Å². The molecular weight excluding hydrogens is 663 g/mol. The highest BCUT2D eigenvalue weighted by molar-refractivity contribution is 6.14. The molecule has 0 saturated heterocycles. The van der Waals surface area contributed by atoms with Crippen molar-refractivity contribution >= 4 is 54.6 Å². The van der Waals surface area contributed by atoms with Crippen LogP contribution in [0.15, 0.2) is 185 Å². The maximum Gasteiger partial charge on any atom is 0.164 e. The van der Waals surface area contributed by atoms with E-state index in [9.17, 15) is 0 Å². The van der Waals surface area contributed by atoms with Gasteiger partial charge in [-0.05, 0) is 69.4 Å². The zero-order valence-electron chi connectivity index (χ0n) is 28.9. The van der Waals surface area contributed by atoms with E-state index in [1.807, 2.05) is 78.9 Å². The Balaban J connectivity index is 1.13. The zero-order valence-corrected chi connectivity index (χ0v) is 28.9. The highest BCUT2D eigenvalue weighted by atomic mass is 16.3. The van der Waals surface area contributed by atoms with E-state index in [1.165, 1.54) is 16.3 Å². The van der Waals surface area contributed by atoms with Gasteiger partial charge in [0.2, 0.25) is 0 Å². The van der Waals surface area contributed by atoms with Crippen molar-refractivity contribution in [3.8, 4) is 56.4 Å². The maximum atomic E-state index is 6.55. The summed E-state index contributed by atoms with van der Waals surface area (Å²) in [6.45, 7) is 0. The number of rotatable bonds is 5. The Bertz CT molecular complexity index is 3210. The lowest BCUT2D eigenvalue weighted by Crippen LogP contribution is -2.01. The molecule has 252 valence electrons. The van der Waals surface area contributed by atoms with Gasteiger partial charge in [0.25, 0.3) is 0 Å². The van der Waals surface area contributed by atoms with Crippen molar-refractivity contribution in [2.24, 2.45) is 0 Å². The van der Waals surface area contributed by atoms with Gasteiger partial charge < -0.3 is 8.83 Å². The van der Waals surface area contributed by atoms with Crippen LogP contribution in [0.4, 0.5) is 0 Å². The SMILES string of the molecule is c1ccc(-c2nc(-c3cccc4oc5ccccc5c34)nc(-c3cc(-c4ccc(-c5ccc6ccccc6c5)cc4)cc4oc5ccccc5c34)n2)cc1. The van der Waals surface area contributed by atoms with Crippen LogP contribution in [0.25, 0.3) is 111 Å². The molecule has 0 aliphatic heterocycles. The molecule has 3 aromatic heterocycles. The standard InChI is InChI=1S/C49H29N3O2/c1-2-12-33(13-3-1)47-50-48(39-17-10-20-43-45(39)37-15-6-8-18-41(37)53-43)52-49(51-47)40-28-36(29-44-46(40)38-16-7-9-19-42(38)54-44)32-23-21-31(22-24-32)35-26-25-30-11-4-5-14-34(30)27-35/h1-29H. The van der Waals surface area contributed by atoms with Crippen LogP contribution in [-0.4, -0.2) is 15.0 Å². The number of aromatic nitrogens is 3. The fourth-order valence-electron chi connectivity index (χ4n) is 7.72. The summed E-state index contributed by atoms with van der Waals surface area (Å²) < 4.78 is 12.8. The first-order chi connectivity index (χ1) is 26.7. The molecule has 54 heavy (non-hydrogen) atoms. The molecule has 0 N–H and O–H groups in total. The minimum Gasteiger partial charge on any atom is -0.456 e. The average Bonchev–Trinajstić information content (AvgIpc) is 3.82. The molecule has 0 bridgehead atoms. The van der Waals surface area contributed by atoms with Crippen LogP contribution in [0, 0.1) is 0 Å². The van der Waals surface area contributed by atoms with Crippen LogP contribution in [-0.2, 0) is 0 Å². The summed E-state index contributed by atoms with van der Waals surface area (Å²) in [5, 5.41) is 6.42. The lowest BCUT2D eigenvalue weighted by Gasteiger charge is -2.12. The van der Waals surface area contributed by atoms with E-state index in [0.717, 1.165) is 77.3 Å². The Morgan fingerprint density at radius 1 is 0.296 bits per heavy atom. The van der Waals surface area contributed by atoms with Crippen LogP contribution in [0.1, 0.15) is 0 Å². The molecule has 0 fully saturated rings. The number of furan rings is 2. The highest BCUT2D eigenvalue weighted by Gasteiger charge is 2.21. The molecule has 5 nitrogen and oxygen atoms in total. The Morgan fingerprint density at radius 3 is 1.61 bits per heavy atom. The van der Waals surface area contributed by atoms with Crippen LogP contribution < -0.4 is 0 Å². The highest BCUT2D eigenvalue weighted by Crippen LogP contribution is 2.41. The molecule has 3 heterocycles. The van der Waals surface area contributed by atoms with Gasteiger partial charge in [0, 0.05) is 38.2 Å². The van der Waals surface area contributed by atoms with Crippen molar-refractivity contribution in [3.05, 3.63) is 176 Å².